The van der Waals surface area contributed by atoms with Crippen molar-refractivity contribution in [3.05, 3.63) is 0 Å². The number of hydrogen-bond donors (Lipinski definition) is 0. The van der Waals surface area contributed by atoms with E-state index < -0.39 is 0 Å². The second kappa shape index (κ2) is 12.4. The van der Waals surface area contributed by atoms with Crippen LogP contribution in [0.1, 0.15) is 117 Å². The summed E-state index contributed by atoms with van der Waals surface area (Å²) in [6, 6.07) is 0. The summed E-state index contributed by atoms with van der Waals surface area (Å²) >= 11 is 0. The number of ether oxygens (including phenoxy) is 2. The van der Waals surface area contributed by atoms with Gasteiger partial charge in [-0.2, -0.15) is 0 Å². The molecule has 5 aliphatic heterocycles. The van der Waals surface area contributed by atoms with E-state index in [9.17, 15) is 0 Å². The Morgan fingerprint density at radius 3 is 1.29 bits per heavy atom. The van der Waals surface area contributed by atoms with Crippen molar-refractivity contribution < 1.29 is 9.47 Å². The highest BCUT2D eigenvalue weighted by molar-refractivity contribution is 4.88. The summed E-state index contributed by atoms with van der Waals surface area (Å²) < 4.78 is 13.7. The maximum atomic E-state index is 6.87. The van der Waals surface area contributed by atoms with Crippen molar-refractivity contribution in [2.75, 3.05) is 26.2 Å². The van der Waals surface area contributed by atoms with Crippen LogP contribution in [0, 0.1) is 23.7 Å². The topological polar surface area (TPSA) is 24.9 Å². The molecule has 5 heterocycles. The normalized spacial score (nSPS) is 44.3. The SMILES string of the molecule is C[C@@H]1CN2CCC[C@H]3CCCCCC[C@@H]4O[C@@H]5[C@H](CCCCCC[C@@H]1O[C@H]32)CCCN5C[C@H]4C. The fourth-order valence-corrected chi connectivity index (χ4v) is 8.13. The maximum absolute atomic E-state index is 6.87. The van der Waals surface area contributed by atoms with Gasteiger partial charge in [0.2, 0.25) is 0 Å². The van der Waals surface area contributed by atoms with Crippen LogP contribution in [0.3, 0.4) is 0 Å². The highest BCUT2D eigenvalue weighted by Gasteiger charge is 2.41. The molecular weight excluding hydrogens is 420 g/mol. The Labute approximate surface area is 210 Å². The molecule has 0 N–H and O–H groups in total. The van der Waals surface area contributed by atoms with Crippen molar-refractivity contribution >= 4 is 0 Å². The quantitative estimate of drug-likeness (QED) is 0.384. The minimum atomic E-state index is 0.420. The molecule has 0 aromatic carbocycles. The smallest absolute Gasteiger partial charge is 0.113 e. The molecule has 5 rings (SSSR count). The first kappa shape index (κ1) is 25.5. The van der Waals surface area contributed by atoms with E-state index in [1.165, 1.54) is 129 Å². The van der Waals surface area contributed by atoms with Crippen molar-refractivity contribution in [1.82, 2.24) is 9.80 Å². The second-order valence-corrected chi connectivity index (χ2v) is 12.9. The van der Waals surface area contributed by atoms with Crippen molar-refractivity contribution in [2.24, 2.45) is 23.7 Å². The lowest BCUT2D eigenvalue weighted by Gasteiger charge is -2.49. The Balaban J connectivity index is 1.19. The highest BCUT2D eigenvalue weighted by atomic mass is 16.5. The summed E-state index contributed by atoms with van der Waals surface area (Å²) in [5.74, 6) is 2.93. The van der Waals surface area contributed by atoms with Crippen LogP contribution in [0.25, 0.3) is 0 Å². The van der Waals surface area contributed by atoms with E-state index in [0.29, 0.717) is 36.5 Å². The predicted molar refractivity (Wildman–Crippen MR) is 140 cm³/mol. The van der Waals surface area contributed by atoms with Gasteiger partial charge in [0.1, 0.15) is 12.5 Å². The van der Waals surface area contributed by atoms with Crippen LogP contribution < -0.4 is 0 Å². The Morgan fingerprint density at radius 2 is 0.853 bits per heavy atom. The summed E-state index contributed by atoms with van der Waals surface area (Å²) in [6.07, 6.45) is 23.7. The zero-order valence-corrected chi connectivity index (χ0v) is 22.5. The highest BCUT2D eigenvalue weighted by Crippen LogP contribution is 2.38. The molecule has 0 aromatic heterocycles. The van der Waals surface area contributed by atoms with Gasteiger partial charge in [0.05, 0.1) is 12.2 Å². The number of hydrogen-bond acceptors (Lipinski definition) is 4. The Bertz CT molecular complexity index is 563. The van der Waals surface area contributed by atoms with Gasteiger partial charge in [0.15, 0.2) is 0 Å². The molecule has 4 bridgehead atoms. The van der Waals surface area contributed by atoms with Gasteiger partial charge in [-0.05, 0) is 75.0 Å². The van der Waals surface area contributed by atoms with Gasteiger partial charge < -0.3 is 9.47 Å². The zero-order valence-electron chi connectivity index (χ0n) is 22.5. The van der Waals surface area contributed by atoms with Crippen LogP contribution >= 0.6 is 0 Å². The third-order valence-corrected chi connectivity index (χ3v) is 10.1. The van der Waals surface area contributed by atoms with Crippen molar-refractivity contribution in [3.63, 3.8) is 0 Å². The van der Waals surface area contributed by atoms with Gasteiger partial charge in [0.25, 0.3) is 0 Å². The number of nitrogens with zero attached hydrogens (tertiary/aromatic N) is 2. The molecule has 0 radical (unpaired) electrons. The lowest BCUT2D eigenvalue weighted by molar-refractivity contribution is -0.202. The van der Waals surface area contributed by atoms with Crippen LogP contribution in [0.15, 0.2) is 0 Å². The molecule has 34 heavy (non-hydrogen) atoms. The van der Waals surface area contributed by atoms with Gasteiger partial charge in [-0.1, -0.05) is 65.2 Å². The number of rotatable bonds is 0. The fourth-order valence-electron chi connectivity index (χ4n) is 8.13. The average Bonchev–Trinajstić information content (AvgIpc) is 2.83. The maximum Gasteiger partial charge on any atom is 0.113 e. The van der Waals surface area contributed by atoms with Crippen LogP contribution in [0.5, 0.6) is 0 Å². The predicted octanol–water partition coefficient (Wildman–Crippen LogP) is 6.83. The van der Waals surface area contributed by atoms with Crippen LogP contribution in [-0.2, 0) is 9.47 Å². The summed E-state index contributed by atoms with van der Waals surface area (Å²) in [6.45, 7) is 9.94. The monoisotopic (exact) mass is 474 g/mol. The van der Waals surface area contributed by atoms with E-state index in [1.807, 2.05) is 0 Å². The molecule has 5 fully saturated rings. The molecule has 4 nitrogen and oxygen atoms in total. The minimum absolute atomic E-state index is 0.420. The van der Waals surface area contributed by atoms with E-state index in [2.05, 4.69) is 23.6 Å². The summed E-state index contributed by atoms with van der Waals surface area (Å²) in [5.41, 5.74) is 0. The van der Waals surface area contributed by atoms with E-state index in [-0.39, 0.29) is 0 Å². The Morgan fingerprint density at radius 1 is 0.471 bits per heavy atom. The lowest BCUT2D eigenvalue weighted by atomic mass is 9.85. The van der Waals surface area contributed by atoms with Gasteiger partial charge in [-0.25, -0.2) is 0 Å². The third-order valence-electron chi connectivity index (χ3n) is 10.1. The van der Waals surface area contributed by atoms with E-state index in [0.717, 1.165) is 11.8 Å². The first-order valence-corrected chi connectivity index (χ1v) is 15.5. The molecule has 0 amide bonds. The third kappa shape index (κ3) is 6.21. The molecule has 196 valence electrons. The molecule has 5 aliphatic rings. The molecule has 0 aliphatic carbocycles. The zero-order chi connectivity index (χ0) is 23.3. The molecule has 0 saturated carbocycles. The molecule has 4 heteroatoms. The largest absolute Gasteiger partial charge is 0.359 e. The molecule has 8 atom stereocenters. The lowest BCUT2D eigenvalue weighted by Crippen LogP contribution is -2.56. The minimum Gasteiger partial charge on any atom is -0.359 e. The summed E-state index contributed by atoms with van der Waals surface area (Å²) in [4.78, 5) is 5.40. The van der Waals surface area contributed by atoms with Gasteiger partial charge in [0, 0.05) is 26.2 Å². The van der Waals surface area contributed by atoms with Crippen molar-refractivity contribution in [1.29, 1.82) is 0 Å². The van der Waals surface area contributed by atoms with Crippen molar-refractivity contribution in [3.8, 4) is 0 Å². The average molecular weight is 475 g/mol. The molecule has 5 saturated heterocycles. The first-order chi connectivity index (χ1) is 16.7. The molecule has 0 aromatic rings. The van der Waals surface area contributed by atoms with E-state index in [1.54, 1.807) is 0 Å². The summed E-state index contributed by atoms with van der Waals surface area (Å²) in [7, 11) is 0. The van der Waals surface area contributed by atoms with Crippen molar-refractivity contribution in [2.45, 2.75) is 141 Å². The summed E-state index contributed by atoms with van der Waals surface area (Å²) in [5, 5.41) is 0. The van der Waals surface area contributed by atoms with Gasteiger partial charge in [-0.3, -0.25) is 9.80 Å². The number of fused-ring (bicyclic) bond motifs is 2. The van der Waals surface area contributed by atoms with Crippen LogP contribution in [-0.4, -0.2) is 60.6 Å². The fraction of sp³-hybridized carbons (Fsp3) is 1.00. The standard InChI is InChI=1S/C30H54N2O2/c1-23-21-31-19-11-15-25-13-8-4-6-10-18-28-24(2)22-32-20-12-16-26(30(32)34-28)14-7-3-5-9-17-27(23)33-29(25)31/h23-30H,3-22H2,1-2H3/t23-,24-,25-,26-,27+,28+,29-,30-/m1/s1. The molecule has 0 unspecified atom stereocenters. The van der Waals surface area contributed by atoms with Gasteiger partial charge >= 0.3 is 0 Å². The molecule has 0 spiro atoms. The van der Waals surface area contributed by atoms with E-state index in [4.69, 9.17) is 9.47 Å². The first-order valence-electron chi connectivity index (χ1n) is 15.5. The Hall–Kier alpha value is -0.160. The molecular formula is C30H54N2O2. The number of piperidine rings is 2. The second-order valence-electron chi connectivity index (χ2n) is 12.9. The van der Waals surface area contributed by atoms with Crippen LogP contribution in [0.4, 0.5) is 0 Å². The van der Waals surface area contributed by atoms with Gasteiger partial charge in [-0.15, -0.1) is 0 Å². The van der Waals surface area contributed by atoms with Crippen LogP contribution in [0.2, 0.25) is 0 Å². The Kier molecular flexibility index (Phi) is 9.29. The van der Waals surface area contributed by atoms with E-state index >= 15 is 0 Å².